The topological polar surface area (TPSA) is 79.5 Å². The fourth-order valence-electron chi connectivity index (χ4n) is 2.70. The van der Waals surface area contributed by atoms with Crippen LogP contribution < -0.4 is 4.90 Å². The van der Waals surface area contributed by atoms with Gasteiger partial charge in [-0.2, -0.15) is 0 Å². The van der Waals surface area contributed by atoms with Crippen molar-refractivity contribution in [2.75, 3.05) is 19.0 Å². The summed E-state index contributed by atoms with van der Waals surface area (Å²) in [4.78, 5) is 18.1. The minimum absolute atomic E-state index is 0.0659. The molecule has 0 bridgehead atoms. The summed E-state index contributed by atoms with van der Waals surface area (Å²) in [5, 5.41) is 22.1. The maximum Gasteiger partial charge on any atom is 0.293 e. The smallest absolute Gasteiger partial charge is 0.293 e. The number of nitrogens with zero attached hydrogens (tertiary/aromatic N) is 3. The SMILES string of the molecule is CN(C)c1ccc(-c2nc3c(s2)C(O)CCC3)cc1[N+](=O)[O-]. The van der Waals surface area contributed by atoms with Crippen molar-refractivity contribution in [3.05, 3.63) is 38.9 Å². The van der Waals surface area contributed by atoms with E-state index in [1.54, 1.807) is 31.1 Å². The summed E-state index contributed by atoms with van der Waals surface area (Å²) in [5.41, 5.74) is 2.29. The van der Waals surface area contributed by atoms with Gasteiger partial charge in [0.25, 0.3) is 5.69 Å². The highest BCUT2D eigenvalue weighted by Crippen LogP contribution is 2.39. The average molecular weight is 319 g/mol. The van der Waals surface area contributed by atoms with E-state index in [4.69, 9.17) is 0 Å². The van der Waals surface area contributed by atoms with Crippen LogP contribution in [-0.2, 0) is 6.42 Å². The van der Waals surface area contributed by atoms with Crippen LogP contribution in [0.3, 0.4) is 0 Å². The molecule has 1 atom stereocenters. The lowest BCUT2D eigenvalue weighted by atomic mass is 10.0. The van der Waals surface area contributed by atoms with E-state index in [1.807, 2.05) is 6.07 Å². The number of aromatic nitrogens is 1. The first kappa shape index (κ1) is 14.9. The Morgan fingerprint density at radius 1 is 1.45 bits per heavy atom. The zero-order valence-electron chi connectivity index (χ0n) is 12.4. The third kappa shape index (κ3) is 2.57. The molecule has 0 aliphatic heterocycles. The molecule has 1 unspecified atom stereocenters. The van der Waals surface area contributed by atoms with E-state index < -0.39 is 6.10 Å². The molecular formula is C15H17N3O3S. The van der Waals surface area contributed by atoms with Crippen LogP contribution in [0.4, 0.5) is 11.4 Å². The Kier molecular flexibility index (Phi) is 3.84. The molecule has 22 heavy (non-hydrogen) atoms. The van der Waals surface area contributed by atoms with Crippen LogP contribution >= 0.6 is 11.3 Å². The number of aryl methyl sites for hydroxylation is 1. The van der Waals surface area contributed by atoms with Gasteiger partial charge in [0.05, 0.1) is 21.6 Å². The van der Waals surface area contributed by atoms with Crippen LogP contribution in [0.1, 0.15) is 29.5 Å². The Balaban J connectivity index is 2.06. The molecule has 1 aromatic heterocycles. The number of hydrogen-bond acceptors (Lipinski definition) is 6. The Morgan fingerprint density at radius 3 is 2.86 bits per heavy atom. The second-order valence-electron chi connectivity index (χ2n) is 5.59. The lowest BCUT2D eigenvalue weighted by molar-refractivity contribution is -0.384. The molecular weight excluding hydrogens is 302 g/mol. The molecule has 0 spiro atoms. The molecule has 0 saturated carbocycles. The van der Waals surface area contributed by atoms with Crippen LogP contribution in [0, 0.1) is 10.1 Å². The van der Waals surface area contributed by atoms with Gasteiger partial charge in [0.15, 0.2) is 0 Å². The molecule has 1 heterocycles. The van der Waals surface area contributed by atoms with Gasteiger partial charge in [0.1, 0.15) is 10.7 Å². The summed E-state index contributed by atoms with van der Waals surface area (Å²) in [7, 11) is 3.56. The van der Waals surface area contributed by atoms with E-state index in [9.17, 15) is 15.2 Å². The predicted molar refractivity (Wildman–Crippen MR) is 86.4 cm³/mol. The molecule has 0 amide bonds. The molecule has 116 valence electrons. The van der Waals surface area contributed by atoms with Crippen LogP contribution in [0.5, 0.6) is 0 Å². The molecule has 0 radical (unpaired) electrons. The zero-order valence-corrected chi connectivity index (χ0v) is 13.3. The third-order valence-corrected chi connectivity index (χ3v) is 5.07. The summed E-state index contributed by atoms with van der Waals surface area (Å²) in [5.74, 6) is 0. The Hall–Kier alpha value is -1.99. The average Bonchev–Trinajstić information content (AvgIpc) is 2.92. The predicted octanol–water partition coefficient (Wildman–Crippen LogP) is 3.15. The molecule has 1 aliphatic rings. The second kappa shape index (κ2) is 5.66. The number of hydrogen-bond donors (Lipinski definition) is 1. The van der Waals surface area contributed by atoms with Crippen molar-refractivity contribution in [3.63, 3.8) is 0 Å². The van der Waals surface area contributed by atoms with Crippen molar-refractivity contribution in [1.82, 2.24) is 4.98 Å². The van der Waals surface area contributed by atoms with Gasteiger partial charge in [0.2, 0.25) is 0 Å². The van der Waals surface area contributed by atoms with Crippen LogP contribution in [0.15, 0.2) is 18.2 Å². The van der Waals surface area contributed by atoms with Crippen molar-refractivity contribution in [2.45, 2.75) is 25.4 Å². The highest BCUT2D eigenvalue weighted by molar-refractivity contribution is 7.15. The largest absolute Gasteiger partial charge is 0.388 e. The van der Waals surface area contributed by atoms with E-state index in [0.717, 1.165) is 40.4 Å². The van der Waals surface area contributed by atoms with E-state index in [1.165, 1.54) is 11.3 Å². The van der Waals surface area contributed by atoms with Gasteiger partial charge >= 0.3 is 0 Å². The number of thiazole rings is 1. The van der Waals surface area contributed by atoms with Gasteiger partial charge in [-0.25, -0.2) is 4.98 Å². The van der Waals surface area contributed by atoms with E-state index >= 15 is 0 Å². The molecule has 0 saturated heterocycles. The number of nitro benzene ring substituents is 1. The lowest BCUT2D eigenvalue weighted by Gasteiger charge is -2.14. The first-order chi connectivity index (χ1) is 10.5. The van der Waals surface area contributed by atoms with Crippen molar-refractivity contribution >= 4 is 22.7 Å². The van der Waals surface area contributed by atoms with Gasteiger partial charge in [-0.05, 0) is 31.4 Å². The van der Waals surface area contributed by atoms with E-state index in [2.05, 4.69) is 4.98 Å². The number of aliphatic hydroxyl groups is 1. The highest BCUT2D eigenvalue weighted by atomic mass is 32.1. The van der Waals surface area contributed by atoms with Gasteiger partial charge < -0.3 is 10.0 Å². The minimum Gasteiger partial charge on any atom is -0.388 e. The van der Waals surface area contributed by atoms with Gasteiger partial charge in [0, 0.05) is 25.7 Å². The number of aliphatic hydroxyl groups excluding tert-OH is 1. The summed E-state index contributed by atoms with van der Waals surface area (Å²) >= 11 is 1.43. The third-order valence-electron chi connectivity index (χ3n) is 3.82. The maximum atomic E-state index is 11.3. The van der Waals surface area contributed by atoms with Gasteiger partial charge in [-0.3, -0.25) is 10.1 Å². The summed E-state index contributed by atoms with van der Waals surface area (Å²) in [6.45, 7) is 0. The minimum atomic E-state index is -0.453. The van der Waals surface area contributed by atoms with Crippen molar-refractivity contribution in [1.29, 1.82) is 0 Å². The van der Waals surface area contributed by atoms with E-state index in [-0.39, 0.29) is 10.6 Å². The first-order valence-electron chi connectivity index (χ1n) is 7.11. The number of benzene rings is 1. The molecule has 3 rings (SSSR count). The Labute approximate surface area is 132 Å². The van der Waals surface area contributed by atoms with Crippen LogP contribution in [0.2, 0.25) is 0 Å². The van der Waals surface area contributed by atoms with E-state index in [0.29, 0.717) is 5.69 Å². The number of rotatable bonds is 3. The molecule has 2 aromatic rings. The van der Waals surface area contributed by atoms with Crippen molar-refractivity contribution < 1.29 is 10.0 Å². The van der Waals surface area contributed by atoms with Gasteiger partial charge in [-0.1, -0.05) is 0 Å². The molecule has 7 heteroatoms. The molecule has 1 aromatic carbocycles. The summed E-state index contributed by atoms with van der Waals surface area (Å²) in [6.07, 6.45) is 2.10. The van der Waals surface area contributed by atoms with Crippen LogP contribution in [0.25, 0.3) is 10.6 Å². The number of anilines is 1. The molecule has 1 N–H and O–H groups in total. The lowest BCUT2D eigenvalue weighted by Crippen LogP contribution is -2.10. The maximum absolute atomic E-state index is 11.3. The first-order valence-corrected chi connectivity index (χ1v) is 7.93. The number of fused-ring (bicyclic) bond motifs is 1. The molecule has 0 fully saturated rings. The highest BCUT2D eigenvalue weighted by Gasteiger charge is 2.24. The zero-order chi connectivity index (χ0) is 15.9. The van der Waals surface area contributed by atoms with Crippen molar-refractivity contribution in [2.24, 2.45) is 0 Å². The van der Waals surface area contributed by atoms with Gasteiger partial charge in [-0.15, -0.1) is 11.3 Å². The molecule has 1 aliphatic carbocycles. The summed E-state index contributed by atoms with van der Waals surface area (Å²) < 4.78 is 0. The normalized spacial score (nSPS) is 17.1. The monoisotopic (exact) mass is 319 g/mol. The molecule has 6 nitrogen and oxygen atoms in total. The summed E-state index contributed by atoms with van der Waals surface area (Å²) in [6, 6.07) is 5.15. The fraction of sp³-hybridized carbons (Fsp3) is 0.400. The second-order valence-corrected chi connectivity index (χ2v) is 6.62. The Bertz CT molecular complexity index is 727. The standard InChI is InChI=1S/C15H17N3O3S/c1-17(2)11-7-6-9(8-12(11)18(20)21)15-16-10-4-3-5-13(19)14(10)22-15/h6-8,13,19H,3-5H2,1-2H3. The Morgan fingerprint density at radius 2 is 2.23 bits per heavy atom. The quantitative estimate of drug-likeness (QED) is 0.694. The van der Waals surface area contributed by atoms with Crippen molar-refractivity contribution in [3.8, 4) is 10.6 Å². The number of nitro groups is 1. The van der Waals surface area contributed by atoms with Crippen LogP contribution in [-0.4, -0.2) is 29.1 Å². The fourth-order valence-corrected chi connectivity index (χ4v) is 3.83.